The molecule has 1 aromatic rings. The van der Waals surface area contributed by atoms with Gasteiger partial charge in [-0.2, -0.15) is 11.3 Å². The zero-order valence-electron chi connectivity index (χ0n) is 11.2. The van der Waals surface area contributed by atoms with Crippen LogP contribution >= 0.6 is 11.3 Å². The predicted octanol–water partition coefficient (Wildman–Crippen LogP) is 3.19. The Labute approximate surface area is 112 Å². The Morgan fingerprint density at radius 1 is 1.39 bits per heavy atom. The molecule has 1 amide bonds. The molecule has 0 saturated carbocycles. The first-order valence-electron chi connectivity index (χ1n) is 5.79. The predicted molar refractivity (Wildman–Crippen MR) is 72.1 cm³/mol. The van der Waals surface area contributed by atoms with Crippen molar-refractivity contribution in [2.45, 2.75) is 32.8 Å². The molecule has 0 saturated heterocycles. The van der Waals surface area contributed by atoms with Gasteiger partial charge in [-0.15, -0.1) is 0 Å². The number of ether oxygens (including phenoxy) is 1. The number of thiophene rings is 1. The Hall–Kier alpha value is -1.36. The number of ketones is 1. The Kier molecular flexibility index (Phi) is 4.90. The number of Topliss-reactive ketones (excluding diaryl/α,β-unsaturated/α-hetero) is 1. The number of rotatable bonds is 4. The lowest BCUT2D eigenvalue weighted by molar-refractivity contribution is 0.0298. The Morgan fingerprint density at radius 3 is 2.56 bits per heavy atom. The highest BCUT2D eigenvalue weighted by Crippen LogP contribution is 2.11. The Balaban J connectivity index is 2.39. The van der Waals surface area contributed by atoms with E-state index in [-0.39, 0.29) is 5.78 Å². The fourth-order valence-electron chi connectivity index (χ4n) is 1.27. The van der Waals surface area contributed by atoms with E-state index in [1.165, 1.54) is 16.2 Å². The van der Waals surface area contributed by atoms with E-state index in [2.05, 4.69) is 0 Å². The van der Waals surface area contributed by atoms with Gasteiger partial charge in [-0.25, -0.2) is 4.79 Å². The maximum atomic E-state index is 11.7. The fourth-order valence-corrected chi connectivity index (χ4v) is 1.93. The number of carbonyl (C=O) groups excluding carboxylic acids is 2. The third-order valence-electron chi connectivity index (χ3n) is 2.22. The number of amides is 1. The van der Waals surface area contributed by atoms with Crippen molar-refractivity contribution >= 4 is 23.2 Å². The first-order valence-corrected chi connectivity index (χ1v) is 6.73. The van der Waals surface area contributed by atoms with Gasteiger partial charge >= 0.3 is 6.09 Å². The minimum atomic E-state index is -0.511. The summed E-state index contributed by atoms with van der Waals surface area (Å²) >= 11 is 1.49. The molecule has 4 nitrogen and oxygen atoms in total. The van der Waals surface area contributed by atoms with Crippen LogP contribution in [0.3, 0.4) is 0 Å². The molecular formula is C13H19NO3S. The van der Waals surface area contributed by atoms with Gasteiger partial charge in [0.1, 0.15) is 5.60 Å². The smallest absolute Gasteiger partial charge is 0.410 e. The minimum absolute atomic E-state index is 0.0478. The fraction of sp³-hybridized carbons (Fsp3) is 0.538. The van der Waals surface area contributed by atoms with Crippen LogP contribution in [0, 0.1) is 0 Å². The molecule has 5 heteroatoms. The summed E-state index contributed by atoms with van der Waals surface area (Å²) in [7, 11) is 1.63. The second-order valence-electron chi connectivity index (χ2n) is 5.09. The van der Waals surface area contributed by atoms with E-state index in [1.807, 2.05) is 31.5 Å². The van der Waals surface area contributed by atoms with Crippen LogP contribution < -0.4 is 0 Å². The van der Waals surface area contributed by atoms with Gasteiger partial charge in [0.15, 0.2) is 5.78 Å². The molecular weight excluding hydrogens is 250 g/mol. The molecule has 0 aliphatic carbocycles. The highest BCUT2D eigenvalue weighted by Gasteiger charge is 2.20. The standard InChI is InChI=1S/C13H19NO3S/c1-13(2,3)17-12(16)14(4)7-5-11(15)10-6-8-18-9-10/h6,8-9H,5,7H2,1-4H3. The maximum Gasteiger partial charge on any atom is 0.410 e. The molecule has 0 aromatic carbocycles. The summed E-state index contributed by atoms with van der Waals surface area (Å²) in [6, 6.07) is 1.79. The molecule has 0 radical (unpaired) electrons. The van der Waals surface area contributed by atoms with Crippen molar-refractivity contribution in [2.24, 2.45) is 0 Å². The summed E-state index contributed by atoms with van der Waals surface area (Å²) in [5, 5.41) is 3.68. The van der Waals surface area contributed by atoms with E-state index >= 15 is 0 Å². The first kappa shape index (κ1) is 14.7. The summed E-state index contributed by atoms with van der Waals surface area (Å²) in [4.78, 5) is 24.8. The third kappa shape index (κ3) is 4.87. The molecule has 0 atom stereocenters. The van der Waals surface area contributed by atoms with Crippen LogP contribution in [-0.4, -0.2) is 36.0 Å². The van der Waals surface area contributed by atoms with Crippen molar-refractivity contribution in [3.05, 3.63) is 22.4 Å². The van der Waals surface area contributed by atoms with E-state index in [9.17, 15) is 9.59 Å². The van der Waals surface area contributed by atoms with Crippen molar-refractivity contribution in [3.8, 4) is 0 Å². The van der Waals surface area contributed by atoms with E-state index in [0.717, 1.165) is 0 Å². The normalized spacial score (nSPS) is 11.1. The molecule has 0 aliphatic rings. The summed E-state index contributed by atoms with van der Waals surface area (Å²) in [6.45, 7) is 5.81. The maximum absolute atomic E-state index is 11.7. The Morgan fingerprint density at radius 2 is 2.06 bits per heavy atom. The highest BCUT2D eigenvalue weighted by atomic mass is 32.1. The van der Waals surface area contributed by atoms with Gasteiger partial charge in [0.25, 0.3) is 0 Å². The molecule has 1 rings (SSSR count). The molecule has 0 fully saturated rings. The molecule has 0 spiro atoms. The largest absolute Gasteiger partial charge is 0.444 e. The number of nitrogens with zero attached hydrogens (tertiary/aromatic N) is 1. The van der Waals surface area contributed by atoms with Gasteiger partial charge in [-0.05, 0) is 32.2 Å². The molecule has 1 aromatic heterocycles. The van der Waals surface area contributed by atoms with Crippen molar-refractivity contribution in [1.82, 2.24) is 4.90 Å². The van der Waals surface area contributed by atoms with E-state index < -0.39 is 11.7 Å². The molecule has 0 unspecified atom stereocenters. The second kappa shape index (κ2) is 6.00. The van der Waals surface area contributed by atoms with Crippen molar-refractivity contribution < 1.29 is 14.3 Å². The van der Waals surface area contributed by atoms with Crippen LogP contribution in [0.25, 0.3) is 0 Å². The van der Waals surface area contributed by atoms with Crippen LogP contribution in [0.15, 0.2) is 16.8 Å². The number of hydrogen-bond donors (Lipinski definition) is 0. The zero-order valence-corrected chi connectivity index (χ0v) is 12.0. The molecule has 100 valence electrons. The van der Waals surface area contributed by atoms with Gasteiger partial charge < -0.3 is 9.64 Å². The lowest BCUT2D eigenvalue weighted by atomic mass is 10.1. The van der Waals surface area contributed by atoms with Crippen LogP contribution in [0.2, 0.25) is 0 Å². The van der Waals surface area contributed by atoms with E-state index in [0.29, 0.717) is 18.5 Å². The lowest BCUT2D eigenvalue weighted by Gasteiger charge is -2.24. The molecule has 0 N–H and O–H groups in total. The molecule has 18 heavy (non-hydrogen) atoms. The lowest BCUT2D eigenvalue weighted by Crippen LogP contribution is -2.35. The number of hydrogen-bond acceptors (Lipinski definition) is 4. The topological polar surface area (TPSA) is 46.6 Å². The van der Waals surface area contributed by atoms with Crippen LogP contribution in [0.4, 0.5) is 4.79 Å². The first-order chi connectivity index (χ1) is 8.29. The quantitative estimate of drug-likeness (QED) is 0.789. The monoisotopic (exact) mass is 269 g/mol. The highest BCUT2D eigenvalue weighted by molar-refractivity contribution is 7.08. The van der Waals surface area contributed by atoms with Crippen LogP contribution in [0.1, 0.15) is 37.6 Å². The third-order valence-corrected chi connectivity index (χ3v) is 2.91. The Bertz CT molecular complexity index is 406. The van der Waals surface area contributed by atoms with Crippen LogP contribution in [-0.2, 0) is 4.74 Å². The SMILES string of the molecule is CN(CCC(=O)c1ccsc1)C(=O)OC(C)(C)C. The summed E-state index contributed by atoms with van der Waals surface area (Å²) in [5.41, 5.74) is 0.195. The summed E-state index contributed by atoms with van der Waals surface area (Å²) in [5.74, 6) is 0.0478. The molecule has 1 heterocycles. The van der Waals surface area contributed by atoms with Gasteiger partial charge in [-0.3, -0.25) is 4.79 Å². The minimum Gasteiger partial charge on any atom is -0.444 e. The van der Waals surface area contributed by atoms with E-state index in [4.69, 9.17) is 4.74 Å². The summed E-state index contributed by atoms with van der Waals surface area (Å²) in [6.07, 6.45) is -0.0902. The van der Waals surface area contributed by atoms with Gasteiger partial charge in [0.05, 0.1) is 0 Å². The van der Waals surface area contributed by atoms with Gasteiger partial charge in [0.2, 0.25) is 0 Å². The second-order valence-corrected chi connectivity index (χ2v) is 5.87. The van der Waals surface area contributed by atoms with Crippen molar-refractivity contribution in [2.75, 3.05) is 13.6 Å². The zero-order chi connectivity index (χ0) is 13.8. The van der Waals surface area contributed by atoms with Crippen molar-refractivity contribution in [1.29, 1.82) is 0 Å². The van der Waals surface area contributed by atoms with Gasteiger partial charge in [0, 0.05) is 31.0 Å². The van der Waals surface area contributed by atoms with E-state index in [1.54, 1.807) is 13.1 Å². The average molecular weight is 269 g/mol. The number of carbonyl (C=O) groups is 2. The van der Waals surface area contributed by atoms with Gasteiger partial charge in [-0.1, -0.05) is 0 Å². The van der Waals surface area contributed by atoms with Crippen LogP contribution in [0.5, 0.6) is 0 Å². The molecule has 0 aliphatic heterocycles. The average Bonchev–Trinajstić information content (AvgIpc) is 2.76. The summed E-state index contributed by atoms with van der Waals surface area (Å²) < 4.78 is 5.20. The van der Waals surface area contributed by atoms with Crippen molar-refractivity contribution in [3.63, 3.8) is 0 Å². The molecule has 0 bridgehead atoms.